The number of likely N-dealkylation sites (N-methyl/N-ethyl adjacent to an activating group) is 1. The molecule has 0 fully saturated rings. The van der Waals surface area contributed by atoms with E-state index in [0.29, 0.717) is 10.8 Å². The maximum atomic E-state index is 13.0. The topological polar surface area (TPSA) is 127 Å². The van der Waals surface area contributed by atoms with Gasteiger partial charge in [0.25, 0.3) is 11.5 Å². The minimum absolute atomic E-state index is 0.0956. The first-order chi connectivity index (χ1) is 16.8. The fraction of sp³-hybridized carbons (Fsp3) is 0.360. The number of ether oxygens (including phenoxy) is 1. The molecule has 1 aliphatic carbocycles. The Bertz CT molecular complexity index is 1360. The third-order valence-electron chi connectivity index (χ3n) is 6.14. The predicted octanol–water partition coefficient (Wildman–Crippen LogP) is 2.56. The molecule has 3 N–H and O–H groups in total. The van der Waals surface area contributed by atoms with Crippen LogP contribution in [0.15, 0.2) is 46.0 Å². The molecule has 3 aromatic rings. The van der Waals surface area contributed by atoms with Crippen molar-refractivity contribution < 1.29 is 14.3 Å². The first kappa shape index (κ1) is 24.5. The molecular formula is C25H28N4O5S. The van der Waals surface area contributed by atoms with E-state index >= 15 is 0 Å². The standard InChI is InChI=1S/C25H28N4O5S/c1-3-28(20(30)14-34-24(32)19-12-17-11-15(2)9-10-18(17)35-19)21-22(26)29(25(33)27-23(21)31)13-16-7-5-4-6-8-16/h4-8,12,15H,3,9-11,13-14,26H2,1-2H3,(H,27,31,33)/t15-/m1/s1. The molecule has 0 aliphatic heterocycles. The van der Waals surface area contributed by atoms with Crippen LogP contribution < -0.4 is 21.9 Å². The van der Waals surface area contributed by atoms with E-state index in [4.69, 9.17) is 10.5 Å². The lowest BCUT2D eigenvalue weighted by Gasteiger charge is -2.23. The maximum absolute atomic E-state index is 13.0. The second-order valence-electron chi connectivity index (χ2n) is 8.69. The Balaban J connectivity index is 1.52. The van der Waals surface area contributed by atoms with Gasteiger partial charge < -0.3 is 15.4 Å². The van der Waals surface area contributed by atoms with Gasteiger partial charge in [0.1, 0.15) is 10.7 Å². The highest BCUT2D eigenvalue weighted by Gasteiger charge is 2.26. The van der Waals surface area contributed by atoms with Gasteiger partial charge >= 0.3 is 11.7 Å². The van der Waals surface area contributed by atoms with Crippen LogP contribution in [0.1, 0.15) is 45.9 Å². The quantitative estimate of drug-likeness (QED) is 0.484. The molecule has 184 valence electrons. The average molecular weight is 497 g/mol. The van der Waals surface area contributed by atoms with Gasteiger partial charge in [-0.3, -0.25) is 19.1 Å². The lowest BCUT2D eigenvalue weighted by atomic mass is 9.90. The van der Waals surface area contributed by atoms with E-state index in [-0.39, 0.29) is 24.6 Å². The summed E-state index contributed by atoms with van der Waals surface area (Å²) >= 11 is 1.40. The van der Waals surface area contributed by atoms with Gasteiger partial charge in [0.05, 0.1) is 6.54 Å². The molecule has 2 aromatic heterocycles. The third-order valence-corrected chi connectivity index (χ3v) is 7.36. The molecule has 35 heavy (non-hydrogen) atoms. The Morgan fingerprint density at radius 1 is 1.26 bits per heavy atom. The number of amides is 1. The highest BCUT2D eigenvalue weighted by atomic mass is 32.1. The van der Waals surface area contributed by atoms with Gasteiger partial charge in [-0.25, -0.2) is 9.59 Å². The number of benzene rings is 1. The van der Waals surface area contributed by atoms with Gasteiger partial charge in [-0.15, -0.1) is 11.3 Å². The Kier molecular flexibility index (Phi) is 7.20. The number of esters is 1. The number of H-pyrrole nitrogens is 1. The number of nitrogens with zero attached hydrogens (tertiary/aromatic N) is 2. The van der Waals surface area contributed by atoms with Crippen LogP contribution in [0.2, 0.25) is 0 Å². The number of carbonyl (C=O) groups is 2. The van der Waals surface area contributed by atoms with Crippen molar-refractivity contribution in [1.82, 2.24) is 9.55 Å². The summed E-state index contributed by atoms with van der Waals surface area (Å²) in [5, 5.41) is 0. The summed E-state index contributed by atoms with van der Waals surface area (Å²) in [5.41, 5.74) is 6.57. The second kappa shape index (κ2) is 10.3. The summed E-state index contributed by atoms with van der Waals surface area (Å²) < 4.78 is 6.49. The van der Waals surface area contributed by atoms with Gasteiger partial charge in [0.15, 0.2) is 12.3 Å². The number of nitrogens with two attached hydrogens (primary N) is 1. The molecule has 10 heteroatoms. The molecule has 0 spiro atoms. The average Bonchev–Trinajstić information content (AvgIpc) is 3.26. The molecule has 1 aromatic carbocycles. The Labute approximate surface area is 206 Å². The molecule has 0 radical (unpaired) electrons. The van der Waals surface area contributed by atoms with Crippen molar-refractivity contribution >= 4 is 34.7 Å². The molecule has 0 saturated heterocycles. The first-order valence-corrected chi connectivity index (χ1v) is 12.4. The van der Waals surface area contributed by atoms with E-state index in [1.165, 1.54) is 26.3 Å². The van der Waals surface area contributed by atoms with E-state index < -0.39 is 29.7 Å². The van der Waals surface area contributed by atoms with E-state index in [1.807, 2.05) is 36.4 Å². The SMILES string of the molecule is CCN(C(=O)COC(=O)c1cc2c(s1)CC[C@@H](C)C2)c1c(N)n(Cc2ccccc2)c(=O)[nH]c1=O. The van der Waals surface area contributed by atoms with Crippen molar-refractivity contribution in [3.8, 4) is 0 Å². The Hall–Kier alpha value is -3.66. The van der Waals surface area contributed by atoms with Crippen LogP contribution >= 0.6 is 11.3 Å². The predicted molar refractivity (Wildman–Crippen MR) is 135 cm³/mol. The molecule has 9 nitrogen and oxygen atoms in total. The van der Waals surface area contributed by atoms with Crippen molar-refractivity contribution in [2.75, 3.05) is 23.8 Å². The van der Waals surface area contributed by atoms with Crippen LogP contribution in [0, 0.1) is 5.92 Å². The van der Waals surface area contributed by atoms with E-state index in [1.54, 1.807) is 6.92 Å². The van der Waals surface area contributed by atoms with E-state index in [0.717, 1.165) is 29.7 Å². The van der Waals surface area contributed by atoms with Gasteiger partial charge in [0.2, 0.25) is 0 Å². The lowest BCUT2D eigenvalue weighted by Crippen LogP contribution is -2.42. The van der Waals surface area contributed by atoms with Crippen LogP contribution in [0.4, 0.5) is 11.5 Å². The number of nitrogens with one attached hydrogen (secondary N) is 1. The van der Waals surface area contributed by atoms with Crippen LogP contribution in [-0.2, 0) is 28.9 Å². The third kappa shape index (κ3) is 5.22. The lowest BCUT2D eigenvalue weighted by molar-refractivity contribution is -0.121. The number of rotatable bonds is 7. The minimum atomic E-state index is -0.779. The van der Waals surface area contributed by atoms with Crippen molar-refractivity contribution in [1.29, 1.82) is 0 Å². The van der Waals surface area contributed by atoms with Crippen LogP contribution in [-0.4, -0.2) is 34.6 Å². The molecule has 0 saturated carbocycles. The molecule has 0 bridgehead atoms. The second-order valence-corrected chi connectivity index (χ2v) is 9.82. The fourth-order valence-electron chi connectivity index (χ4n) is 4.30. The molecule has 4 rings (SSSR count). The molecule has 2 heterocycles. The number of anilines is 2. The molecule has 1 atom stereocenters. The van der Waals surface area contributed by atoms with Gasteiger partial charge in [-0.1, -0.05) is 37.3 Å². The Morgan fingerprint density at radius 3 is 2.71 bits per heavy atom. The van der Waals surface area contributed by atoms with Crippen LogP contribution in [0.5, 0.6) is 0 Å². The summed E-state index contributed by atoms with van der Waals surface area (Å²) in [6, 6.07) is 11.0. The summed E-state index contributed by atoms with van der Waals surface area (Å²) in [6.07, 6.45) is 2.97. The zero-order valence-electron chi connectivity index (χ0n) is 19.7. The summed E-state index contributed by atoms with van der Waals surface area (Å²) in [7, 11) is 0. The maximum Gasteiger partial charge on any atom is 0.348 e. The summed E-state index contributed by atoms with van der Waals surface area (Å²) in [6.45, 7) is 3.52. The molecule has 1 amide bonds. The number of hydrogen-bond donors (Lipinski definition) is 2. The van der Waals surface area contributed by atoms with Gasteiger partial charge in [0, 0.05) is 11.4 Å². The molecule has 1 aliphatic rings. The van der Waals surface area contributed by atoms with E-state index in [9.17, 15) is 19.2 Å². The largest absolute Gasteiger partial charge is 0.451 e. The van der Waals surface area contributed by atoms with Crippen molar-refractivity contribution in [2.24, 2.45) is 5.92 Å². The highest BCUT2D eigenvalue weighted by Crippen LogP contribution is 2.32. The van der Waals surface area contributed by atoms with E-state index in [2.05, 4.69) is 11.9 Å². The number of aromatic nitrogens is 2. The van der Waals surface area contributed by atoms with Crippen LogP contribution in [0.3, 0.4) is 0 Å². The molecule has 0 unspecified atom stereocenters. The fourth-order valence-corrected chi connectivity index (χ4v) is 5.41. The highest BCUT2D eigenvalue weighted by molar-refractivity contribution is 7.14. The first-order valence-electron chi connectivity index (χ1n) is 11.5. The zero-order valence-corrected chi connectivity index (χ0v) is 20.5. The Morgan fingerprint density at radius 2 is 2.00 bits per heavy atom. The van der Waals surface area contributed by atoms with Gasteiger partial charge in [-0.2, -0.15) is 0 Å². The number of aryl methyl sites for hydroxylation is 1. The van der Waals surface area contributed by atoms with Crippen molar-refractivity contribution in [3.05, 3.63) is 78.1 Å². The molecular weight excluding hydrogens is 468 g/mol. The monoisotopic (exact) mass is 496 g/mol. The number of thiophene rings is 1. The van der Waals surface area contributed by atoms with Crippen molar-refractivity contribution in [2.45, 2.75) is 39.7 Å². The number of carbonyl (C=O) groups excluding carboxylic acids is 2. The number of aromatic amines is 1. The van der Waals surface area contributed by atoms with Crippen molar-refractivity contribution in [3.63, 3.8) is 0 Å². The number of nitrogen functional groups attached to an aromatic ring is 1. The van der Waals surface area contributed by atoms with Crippen LogP contribution in [0.25, 0.3) is 0 Å². The normalized spacial score (nSPS) is 14.9. The summed E-state index contributed by atoms with van der Waals surface area (Å²) in [5.74, 6) is -0.742. The summed E-state index contributed by atoms with van der Waals surface area (Å²) in [4.78, 5) is 55.6. The zero-order chi connectivity index (χ0) is 25.1. The smallest absolute Gasteiger partial charge is 0.348 e. The minimum Gasteiger partial charge on any atom is -0.451 e. The number of fused-ring (bicyclic) bond motifs is 1. The van der Waals surface area contributed by atoms with Gasteiger partial charge in [-0.05, 0) is 49.3 Å². The number of hydrogen-bond acceptors (Lipinski definition) is 7.